The van der Waals surface area contributed by atoms with Gasteiger partial charge in [0.15, 0.2) is 11.6 Å². The zero-order chi connectivity index (χ0) is 37.8. The molecular formula is C51H33N5O. The van der Waals surface area contributed by atoms with Gasteiger partial charge in [0, 0.05) is 38.9 Å². The zero-order valence-corrected chi connectivity index (χ0v) is 30.7. The third-order valence-electron chi connectivity index (χ3n) is 11.1. The second-order valence-corrected chi connectivity index (χ2v) is 14.2. The molecule has 0 unspecified atom stereocenters. The first-order chi connectivity index (χ1) is 28.3. The van der Waals surface area contributed by atoms with Crippen molar-refractivity contribution >= 4 is 43.9 Å². The topological polar surface area (TPSA) is 69.6 Å². The molecule has 7 aromatic carbocycles. The number of aromatic nitrogens is 5. The maximum atomic E-state index is 6.21. The quantitative estimate of drug-likeness (QED) is 0.153. The van der Waals surface area contributed by atoms with E-state index in [2.05, 4.69) is 179 Å². The number of hydrogen-bond donors (Lipinski definition) is 0. The molecule has 0 fully saturated rings. The van der Waals surface area contributed by atoms with Crippen LogP contribution in [0.15, 0.2) is 205 Å². The van der Waals surface area contributed by atoms with E-state index in [9.17, 15) is 0 Å². The van der Waals surface area contributed by atoms with E-state index in [1.165, 1.54) is 16.7 Å². The Morgan fingerprint density at radius 2 is 0.947 bits per heavy atom. The van der Waals surface area contributed by atoms with Gasteiger partial charge in [-0.05, 0) is 52.6 Å². The van der Waals surface area contributed by atoms with E-state index in [1.54, 1.807) is 6.20 Å². The standard InChI is InChI=1S/C51H33N5O/c1-4-16-35(17-5-1)51(36-18-6-2-7-19-36,37-20-8-3-9-21-37)38-31-29-34(30-32-38)47-53-48(41-24-14-28-45-46(41)42-25-15-33-52-49(42)57-45)55-50(54-47)56-43-26-12-10-22-39(43)40-23-11-13-27-44(40)56/h1-33H. The summed E-state index contributed by atoms with van der Waals surface area (Å²) in [7, 11) is 0. The molecule has 6 nitrogen and oxygen atoms in total. The summed E-state index contributed by atoms with van der Waals surface area (Å²) in [5.41, 5.74) is 9.16. The molecule has 0 saturated carbocycles. The molecule has 4 heterocycles. The van der Waals surface area contributed by atoms with Crippen LogP contribution in [0.2, 0.25) is 0 Å². The first-order valence-corrected chi connectivity index (χ1v) is 19.1. The highest BCUT2D eigenvalue weighted by Crippen LogP contribution is 2.45. The Morgan fingerprint density at radius 1 is 0.421 bits per heavy atom. The molecule has 0 aliphatic rings. The number of benzene rings is 7. The summed E-state index contributed by atoms with van der Waals surface area (Å²) in [4.78, 5) is 20.3. The average Bonchev–Trinajstić information content (AvgIpc) is 3.84. The molecule has 0 aliphatic heterocycles. The maximum absolute atomic E-state index is 6.21. The highest BCUT2D eigenvalue weighted by Gasteiger charge is 2.38. The normalized spacial score (nSPS) is 11.9. The SMILES string of the molecule is c1ccc(C(c2ccccc2)(c2ccccc2)c2ccc(-c3nc(-c4cccc5oc6ncccc6c45)nc(-n4c5ccccc5c5ccccc54)n3)cc2)cc1. The maximum Gasteiger partial charge on any atom is 0.238 e. The van der Waals surface area contributed by atoms with Crippen LogP contribution < -0.4 is 0 Å². The monoisotopic (exact) mass is 731 g/mol. The second kappa shape index (κ2) is 13.3. The van der Waals surface area contributed by atoms with Crippen molar-refractivity contribution in [2.45, 2.75) is 5.41 Å². The minimum absolute atomic E-state index is 0.534. The Bertz CT molecular complexity index is 3080. The molecule has 0 bridgehead atoms. The minimum atomic E-state index is -0.577. The molecule has 4 aromatic heterocycles. The highest BCUT2D eigenvalue weighted by molar-refractivity contribution is 6.11. The van der Waals surface area contributed by atoms with Crippen LogP contribution in [0.25, 0.3) is 72.6 Å². The van der Waals surface area contributed by atoms with Crippen molar-refractivity contribution in [2.24, 2.45) is 0 Å². The van der Waals surface area contributed by atoms with Gasteiger partial charge in [-0.1, -0.05) is 164 Å². The summed E-state index contributed by atoms with van der Waals surface area (Å²) in [5, 5.41) is 4.09. The summed E-state index contributed by atoms with van der Waals surface area (Å²) < 4.78 is 8.36. The van der Waals surface area contributed by atoms with E-state index < -0.39 is 5.41 Å². The molecule has 0 aliphatic carbocycles. The van der Waals surface area contributed by atoms with Crippen LogP contribution >= 0.6 is 0 Å². The van der Waals surface area contributed by atoms with Gasteiger partial charge in [0.25, 0.3) is 0 Å². The van der Waals surface area contributed by atoms with E-state index in [1.807, 2.05) is 24.3 Å². The number of hydrogen-bond acceptors (Lipinski definition) is 5. The van der Waals surface area contributed by atoms with Crippen LogP contribution in [-0.2, 0) is 5.41 Å². The van der Waals surface area contributed by atoms with Crippen molar-refractivity contribution in [3.05, 3.63) is 223 Å². The minimum Gasteiger partial charge on any atom is -0.438 e. The van der Waals surface area contributed by atoms with Crippen LogP contribution in [0.4, 0.5) is 0 Å². The third-order valence-corrected chi connectivity index (χ3v) is 11.1. The summed E-state index contributed by atoms with van der Waals surface area (Å²) in [6.07, 6.45) is 1.75. The molecule has 57 heavy (non-hydrogen) atoms. The first kappa shape index (κ1) is 32.7. The summed E-state index contributed by atoms with van der Waals surface area (Å²) in [6, 6.07) is 67.8. The Labute approximate surface area is 328 Å². The van der Waals surface area contributed by atoms with Crippen molar-refractivity contribution in [3.63, 3.8) is 0 Å². The van der Waals surface area contributed by atoms with Gasteiger partial charge < -0.3 is 4.42 Å². The van der Waals surface area contributed by atoms with Gasteiger partial charge in [-0.25, -0.2) is 9.97 Å². The van der Waals surface area contributed by atoms with E-state index in [-0.39, 0.29) is 0 Å². The van der Waals surface area contributed by atoms with Gasteiger partial charge in [-0.15, -0.1) is 0 Å². The van der Waals surface area contributed by atoms with Crippen molar-refractivity contribution in [1.29, 1.82) is 0 Å². The Balaban J connectivity index is 1.16. The number of furan rings is 1. The summed E-state index contributed by atoms with van der Waals surface area (Å²) in [6.45, 7) is 0. The van der Waals surface area contributed by atoms with Crippen LogP contribution in [0, 0.1) is 0 Å². The Kier molecular flexibility index (Phi) is 7.60. The lowest BCUT2D eigenvalue weighted by molar-refractivity contribution is 0.654. The molecule has 0 N–H and O–H groups in total. The lowest BCUT2D eigenvalue weighted by Crippen LogP contribution is -2.30. The average molecular weight is 732 g/mol. The van der Waals surface area contributed by atoms with E-state index >= 15 is 0 Å². The summed E-state index contributed by atoms with van der Waals surface area (Å²) >= 11 is 0. The largest absolute Gasteiger partial charge is 0.438 e. The summed E-state index contributed by atoms with van der Waals surface area (Å²) in [5.74, 6) is 1.65. The number of fused-ring (bicyclic) bond motifs is 6. The van der Waals surface area contributed by atoms with Gasteiger partial charge in [-0.3, -0.25) is 4.57 Å². The molecule has 0 radical (unpaired) electrons. The smallest absolute Gasteiger partial charge is 0.238 e. The number of pyridine rings is 1. The van der Waals surface area contributed by atoms with Crippen LogP contribution in [0.3, 0.4) is 0 Å². The second-order valence-electron chi connectivity index (χ2n) is 14.2. The number of para-hydroxylation sites is 2. The number of nitrogens with zero attached hydrogens (tertiary/aromatic N) is 5. The Morgan fingerprint density at radius 3 is 1.56 bits per heavy atom. The Hall–Kier alpha value is -7.70. The third kappa shape index (κ3) is 5.19. The molecule has 0 spiro atoms. The van der Waals surface area contributed by atoms with Gasteiger partial charge >= 0.3 is 0 Å². The molecule has 0 amide bonds. The fourth-order valence-electron chi connectivity index (χ4n) is 8.63. The highest BCUT2D eigenvalue weighted by atomic mass is 16.3. The van der Waals surface area contributed by atoms with Gasteiger partial charge in [0.05, 0.1) is 16.4 Å². The predicted octanol–water partition coefficient (Wildman–Crippen LogP) is 12.0. The molecule has 11 rings (SSSR count). The molecule has 11 aromatic rings. The van der Waals surface area contributed by atoms with E-state index in [0.717, 1.165) is 54.9 Å². The van der Waals surface area contributed by atoms with Gasteiger partial charge in [-0.2, -0.15) is 9.97 Å². The van der Waals surface area contributed by atoms with Crippen LogP contribution in [-0.4, -0.2) is 24.5 Å². The van der Waals surface area contributed by atoms with Crippen molar-refractivity contribution < 1.29 is 4.42 Å². The van der Waals surface area contributed by atoms with E-state index in [4.69, 9.17) is 19.4 Å². The van der Waals surface area contributed by atoms with Crippen molar-refractivity contribution in [2.75, 3.05) is 0 Å². The lowest BCUT2D eigenvalue weighted by Gasteiger charge is -2.37. The molecule has 0 atom stereocenters. The van der Waals surface area contributed by atoms with Crippen molar-refractivity contribution in [3.8, 4) is 28.7 Å². The molecule has 268 valence electrons. The van der Waals surface area contributed by atoms with Crippen LogP contribution in [0.5, 0.6) is 0 Å². The van der Waals surface area contributed by atoms with E-state index in [0.29, 0.717) is 23.3 Å². The van der Waals surface area contributed by atoms with Crippen LogP contribution in [0.1, 0.15) is 22.3 Å². The van der Waals surface area contributed by atoms with Gasteiger partial charge in [0.1, 0.15) is 5.58 Å². The fraction of sp³-hybridized carbons (Fsp3) is 0.0196. The first-order valence-electron chi connectivity index (χ1n) is 19.1. The molecule has 0 saturated heterocycles. The predicted molar refractivity (Wildman–Crippen MR) is 228 cm³/mol. The molecular weight excluding hydrogens is 699 g/mol. The van der Waals surface area contributed by atoms with Crippen molar-refractivity contribution in [1.82, 2.24) is 24.5 Å². The molecule has 6 heteroatoms. The lowest BCUT2D eigenvalue weighted by atomic mass is 9.65. The zero-order valence-electron chi connectivity index (χ0n) is 30.7. The van der Waals surface area contributed by atoms with Gasteiger partial charge in [0.2, 0.25) is 11.7 Å². The fourth-order valence-corrected chi connectivity index (χ4v) is 8.63. The number of rotatable bonds is 7.